The summed E-state index contributed by atoms with van der Waals surface area (Å²) in [6.07, 6.45) is 0.441. The second kappa shape index (κ2) is 7.36. The molecule has 2 N–H and O–H groups in total. The first kappa shape index (κ1) is 17.1. The molecule has 1 atom stereocenters. The number of nitrogens with zero attached hydrogens (tertiary/aromatic N) is 1. The predicted molar refractivity (Wildman–Crippen MR) is 84.5 cm³/mol. The third-order valence-electron chi connectivity index (χ3n) is 2.95. The fourth-order valence-corrected chi connectivity index (χ4v) is 2.83. The number of hydrogen-bond acceptors (Lipinski definition) is 4. The summed E-state index contributed by atoms with van der Waals surface area (Å²) in [6.45, 7) is 3.46. The second-order valence-corrected chi connectivity index (χ2v) is 6.01. The number of aromatic nitrogens is 2. The Morgan fingerprint density at radius 1 is 1.39 bits per heavy atom. The van der Waals surface area contributed by atoms with E-state index in [0.29, 0.717) is 23.3 Å². The molecule has 23 heavy (non-hydrogen) atoms. The van der Waals surface area contributed by atoms with Gasteiger partial charge in [-0.25, -0.2) is 13.8 Å². The van der Waals surface area contributed by atoms with E-state index in [2.05, 4.69) is 15.3 Å². The van der Waals surface area contributed by atoms with Crippen molar-refractivity contribution in [2.45, 2.75) is 30.7 Å². The van der Waals surface area contributed by atoms with Gasteiger partial charge in [-0.15, -0.1) is 0 Å². The minimum Gasteiger partial charge on any atom is -0.323 e. The van der Waals surface area contributed by atoms with Crippen molar-refractivity contribution >= 4 is 23.4 Å². The highest BCUT2D eigenvalue weighted by Gasteiger charge is 2.20. The molecule has 1 aromatic carbocycles. The molecule has 1 unspecified atom stereocenters. The first-order valence-electron chi connectivity index (χ1n) is 6.89. The average Bonchev–Trinajstić information content (AvgIpc) is 2.46. The van der Waals surface area contributed by atoms with Crippen LogP contribution in [0, 0.1) is 18.6 Å². The Morgan fingerprint density at radius 3 is 2.74 bits per heavy atom. The van der Waals surface area contributed by atoms with Gasteiger partial charge in [0.2, 0.25) is 5.91 Å². The number of carbonyl (C=O) groups excluding carboxylic acids is 1. The van der Waals surface area contributed by atoms with Crippen LogP contribution in [0.2, 0.25) is 0 Å². The fourth-order valence-electron chi connectivity index (χ4n) is 1.87. The number of aromatic amines is 1. The van der Waals surface area contributed by atoms with Crippen LogP contribution >= 0.6 is 11.8 Å². The zero-order chi connectivity index (χ0) is 17.0. The maximum Gasteiger partial charge on any atom is 0.251 e. The van der Waals surface area contributed by atoms with Crippen LogP contribution in [0.1, 0.15) is 19.0 Å². The highest BCUT2D eigenvalue weighted by atomic mass is 32.2. The van der Waals surface area contributed by atoms with Gasteiger partial charge >= 0.3 is 0 Å². The van der Waals surface area contributed by atoms with Crippen molar-refractivity contribution < 1.29 is 13.6 Å². The lowest BCUT2D eigenvalue weighted by Gasteiger charge is -2.14. The van der Waals surface area contributed by atoms with Gasteiger partial charge in [-0.3, -0.25) is 9.59 Å². The molecule has 8 heteroatoms. The van der Waals surface area contributed by atoms with Crippen LogP contribution < -0.4 is 10.9 Å². The van der Waals surface area contributed by atoms with E-state index in [-0.39, 0.29) is 11.2 Å². The maximum absolute atomic E-state index is 13.6. The Labute approximate surface area is 135 Å². The van der Waals surface area contributed by atoms with Crippen LogP contribution in [0.4, 0.5) is 14.5 Å². The number of thioether (sulfide) groups is 1. The molecular formula is C15H15F2N3O2S. The minimum absolute atomic E-state index is 0.0962. The number of nitrogens with one attached hydrogen (secondary N) is 2. The zero-order valence-corrected chi connectivity index (χ0v) is 13.3. The van der Waals surface area contributed by atoms with E-state index < -0.39 is 22.8 Å². The zero-order valence-electron chi connectivity index (χ0n) is 12.5. The lowest BCUT2D eigenvalue weighted by atomic mass is 10.2. The number of anilines is 1. The van der Waals surface area contributed by atoms with E-state index in [0.717, 1.165) is 23.9 Å². The topological polar surface area (TPSA) is 74.8 Å². The SMILES string of the molecule is CCC(Sc1nc(C)cc(=O)[nH]1)C(=O)Nc1ccc(F)cc1F. The molecule has 1 amide bonds. The fraction of sp³-hybridized carbons (Fsp3) is 0.267. The summed E-state index contributed by atoms with van der Waals surface area (Å²) < 4.78 is 26.5. The Kier molecular flexibility index (Phi) is 5.49. The summed E-state index contributed by atoms with van der Waals surface area (Å²) in [5.41, 5.74) is 0.136. The summed E-state index contributed by atoms with van der Waals surface area (Å²) in [6, 6.07) is 4.27. The molecule has 0 fully saturated rings. The summed E-state index contributed by atoms with van der Waals surface area (Å²) >= 11 is 1.08. The minimum atomic E-state index is -0.847. The van der Waals surface area contributed by atoms with Gasteiger partial charge < -0.3 is 10.3 Å². The standard InChI is InChI=1S/C15H15F2N3O2S/c1-3-12(23-15-18-8(2)6-13(21)20-15)14(22)19-11-5-4-9(16)7-10(11)17/h4-7,12H,3H2,1-2H3,(H,19,22)(H,18,20,21). The molecule has 2 rings (SSSR count). The van der Waals surface area contributed by atoms with Gasteiger partial charge in [0.05, 0.1) is 10.9 Å². The second-order valence-electron chi connectivity index (χ2n) is 4.82. The van der Waals surface area contributed by atoms with E-state index in [9.17, 15) is 18.4 Å². The molecule has 0 bridgehead atoms. The van der Waals surface area contributed by atoms with Gasteiger partial charge in [0.25, 0.3) is 5.56 Å². The first-order valence-corrected chi connectivity index (χ1v) is 7.77. The Balaban J connectivity index is 2.13. The molecule has 5 nitrogen and oxygen atoms in total. The number of carbonyl (C=O) groups is 1. The number of hydrogen-bond donors (Lipinski definition) is 2. The van der Waals surface area contributed by atoms with Crippen molar-refractivity contribution in [3.05, 3.63) is 51.9 Å². The molecule has 1 heterocycles. The molecule has 2 aromatic rings. The van der Waals surface area contributed by atoms with Crippen LogP contribution in [0.3, 0.4) is 0 Å². The summed E-state index contributed by atoms with van der Waals surface area (Å²) in [4.78, 5) is 30.4. The molecule has 1 aromatic heterocycles. The van der Waals surface area contributed by atoms with Crippen molar-refractivity contribution in [3.63, 3.8) is 0 Å². The van der Waals surface area contributed by atoms with Crippen LogP contribution in [-0.4, -0.2) is 21.1 Å². The number of halogens is 2. The van der Waals surface area contributed by atoms with Gasteiger partial charge in [-0.2, -0.15) is 0 Å². The molecule has 0 spiro atoms. The Bertz CT molecular complexity index is 780. The van der Waals surface area contributed by atoms with Crippen LogP contribution in [0.5, 0.6) is 0 Å². The normalized spacial score (nSPS) is 12.0. The maximum atomic E-state index is 13.6. The summed E-state index contributed by atoms with van der Waals surface area (Å²) in [5, 5.41) is 2.15. The summed E-state index contributed by atoms with van der Waals surface area (Å²) in [7, 11) is 0. The van der Waals surface area contributed by atoms with Crippen LogP contribution in [0.15, 0.2) is 34.2 Å². The number of benzene rings is 1. The predicted octanol–water partition coefficient (Wildman–Crippen LogP) is 2.87. The number of rotatable bonds is 5. The molecule has 0 aliphatic heterocycles. The van der Waals surface area contributed by atoms with Crippen molar-refractivity contribution in [3.8, 4) is 0 Å². The third kappa shape index (κ3) is 4.62. The lowest BCUT2D eigenvalue weighted by molar-refractivity contribution is -0.115. The number of amides is 1. The van der Waals surface area contributed by atoms with Gasteiger partial charge in [0.1, 0.15) is 11.6 Å². The molecule has 0 aliphatic carbocycles. The molecule has 0 saturated heterocycles. The van der Waals surface area contributed by atoms with Crippen LogP contribution in [0.25, 0.3) is 0 Å². The molecule has 0 radical (unpaired) electrons. The molecular weight excluding hydrogens is 324 g/mol. The van der Waals surface area contributed by atoms with Crippen molar-refractivity contribution in [1.82, 2.24) is 9.97 Å². The van der Waals surface area contributed by atoms with Gasteiger partial charge in [0.15, 0.2) is 5.16 Å². The smallest absolute Gasteiger partial charge is 0.251 e. The molecule has 122 valence electrons. The largest absolute Gasteiger partial charge is 0.323 e. The van der Waals surface area contributed by atoms with Gasteiger partial charge in [-0.05, 0) is 25.5 Å². The highest BCUT2D eigenvalue weighted by molar-refractivity contribution is 8.00. The first-order chi connectivity index (χ1) is 10.9. The summed E-state index contributed by atoms with van der Waals surface area (Å²) in [5.74, 6) is -2.02. The highest BCUT2D eigenvalue weighted by Crippen LogP contribution is 2.24. The van der Waals surface area contributed by atoms with E-state index >= 15 is 0 Å². The number of aryl methyl sites for hydroxylation is 1. The lowest BCUT2D eigenvalue weighted by Crippen LogP contribution is -2.25. The Hall–Kier alpha value is -2.22. The third-order valence-corrected chi connectivity index (χ3v) is 4.20. The Morgan fingerprint density at radius 2 is 2.13 bits per heavy atom. The molecule has 0 saturated carbocycles. The van der Waals surface area contributed by atoms with E-state index in [4.69, 9.17) is 0 Å². The number of H-pyrrole nitrogens is 1. The van der Waals surface area contributed by atoms with Crippen LogP contribution in [-0.2, 0) is 4.79 Å². The van der Waals surface area contributed by atoms with E-state index in [1.54, 1.807) is 13.8 Å². The van der Waals surface area contributed by atoms with Crippen molar-refractivity contribution in [2.24, 2.45) is 0 Å². The van der Waals surface area contributed by atoms with E-state index in [1.165, 1.54) is 6.07 Å². The molecule has 0 aliphatic rings. The van der Waals surface area contributed by atoms with Gasteiger partial charge in [-0.1, -0.05) is 18.7 Å². The van der Waals surface area contributed by atoms with Gasteiger partial charge in [0, 0.05) is 17.8 Å². The quantitative estimate of drug-likeness (QED) is 0.649. The monoisotopic (exact) mass is 339 g/mol. The van der Waals surface area contributed by atoms with E-state index in [1.807, 2.05) is 0 Å². The van der Waals surface area contributed by atoms with Crippen molar-refractivity contribution in [1.29, 1.82) is 0 Å². The van der Waals surface area contributed by atoms with Crippen molar-refractivity contribution in [2.75, 3.05) is 5.32 Å². The average molecular weight is 339 g/mol.